The molecular formula is C21H25ClN2O4. The molecule has 0 N–H and O–H groups in total. The second-order valence-corrected chi connectivity index (χ2v) is 7.05. The van der Waals surface area contributed by atoms with Crippen molar-refractivity contribution >= 4 is 17.5 Å². The maximum atomic E-state index is 13.0. The molecule has 0 bridgehead atoms. The second kappa shape index (κ2) is 9.17. The first kappa shape index (κ1) is 20.3. The third kappa shape index (κ3) is 4.51. The molecule has 1 aliphatic rings. The van der Waals surface area contributed by atoms with Gasteiger partial charge in [-0.15, -0.1) is 0 Å². The van der Waals surface area contributed by atoms with E-state index in [1.807, 2.05) is 29.2 Å². The lowest BCUT2D eigenvalue weighted by Gasteiger charge is -2.35. The van der Waals surface area contributed by atoms with Gasteiger partial charge < -0.3 is 19.1 Å². The van der Waals surface area contributed by atoms with Crippen LogP contribution in [0.3, 0.4) is 0 Å². The van der Waals surface area contributed by atoms with Crippen LogP contribution >= 0.6 is 11.6 Å². The molecule has 1 saturated heterocycles. The first-order valence-corrected chi connectivity index (χ1v) is 9.49. The summed E-state index contributed by atoms with van der Waals surface area (Å²) in [5.74, 6) is 1.40. The van der Waals surface area contributed by atoms with E-state index in [1.165, 1.54) is 5.56 Å². The molecular weight excluding hydrogens is 380 g/mol. The molecule has 7 heteroatoms. The lowest BCUT2D eigenvalue weighted by molar-refractivity contribution is 0.0627. The lowest BCUT2D eigenvalue weighted by atomic mass is 10.1. The largest absolute Gasteiger partial charge is 0.493 e. The van der Waals surface area contributed by atoms with Crippen LogP contribution in [0.2, 0.25) is 5.02 Å². The predicted molar refractivity (Wildman–Crippen MR) is 109 cm³/mol. The fourth-order valence-corrected chi connectivity index (χ4v) is 3.47. The quantitative estimate of drug-likeness (QED) is 0.739. The minimum atomic E-state index is -0.0367. The van der Waals surface area contributed by atoms with Gasteiger partial charge in [0.15, 0.2) is 11.5 Å². The number of methoxy groups -OCH3 is 3. The van der Waals surface area contributed by atoms with Gasteiger partial charge in [-0.2, -0.15) is 0 Å². The number of nitrogens with zero attached hydrogens (tertiary/aromatic N) is 2. The highest BCUT2D eigenvalue weighted by Crippen LogP contribution is 2.38. The zero-order valence-electron chi connectivity index (χ0n) is 16.4. The van der Waals surface area contributed by atoms with Crippen molar-refractivity contribution in [2.75, 3.05) is 47.5 Å². The number of ether oxygens (including phenoxy) is 3. The number of hydrogen-bond donors (Lipinski definition) is 0. The Bertz CT molecular complexity index is 793. The molecule has 0 aromatic heterocycles. The number of amides is 1. The molecule has 3 rings (SSSR count). The summed E-state index contributed by atoms with van der Waals surface area (Å²) in [6.45, 7) is 3.83. The van der Waals surface area contributed by atoms with Crippen LogP contribution in [-0.2, 0) is 6.54 Å². The van der Waals surface area contributed by atoms with Crippen molar-refractivity contribution in [1.29, 1.82) is 0 Å². The van der Waals surface area contributed by atoms with Crippen LogP contribution in [0.25, 0.3) is 0 Å². The van der Waals surface area contributed by atoms with Crippen LogP contribution in [0.15, 0.2) is 36.4 Å². The zero-order chi connectivity index (χ0) is 20.1. The summed E-state index contributed by atoms with van der Waals surface area (Å²) in [6, 6.07) is 11.3. The van der Waals surface area contributed by atoms with Crippen LogP contribution < -0.4 is 14.2 Å². The first-order valence-electron chi connectivity index (χ1n) is 9.11. The number of carbonyl (C=O) groups excluding carboxylic acids is 1. The van der Waals surface area contributed by atoms with Crippen molar-refractivity contribution in [2.45, 2.75) is 6.54 Å². The Morgan fingerprint density at radius 3 is 2.00 bits per heavy atom. The van der Waals surface area contributed by atoms with Gasteiger partial charge >= 0.3 is 0 Å². The molecule has 2 aromatic rings. The van der Waals surface area contributed by atoms with E-state index in [4.69, 9.17) is 25.8 Å². The maximum absolute atomic E-state index is 13.0. The van der Waals surface area contributed by atoms with Gasteiger partial charge in [-0.1, -0.05) is 23.7 Å². The number of rotatable bonds is 6. The Balaban J connectivity index is 1.65. The second-order valence-electron chi connectivity index (χ2n) is 6.61. The highest BCUT2D eigenvalue weighted by molar-refractivity contribution is 6.30. The molecule has 1 heterocycles. The highest BCUT2D eigenvalue weighted by atomic mass is 35.5. The fourth-order valence-electron chi connectivity index (χ4n) is 3.34. The number of carbonyl (C=O) groups is 1. The van der Waals surface area contributed by atoms with E-state index in [-0.39, 0.29) is 5.91 Å². The number of halogens is 1. The van der Waals surface area contributed by atoms with Gasteiger partial charge in [0.1, 0.15) is 0 Å². The molecule has 0 saturated carbocycles. The molecule has 28 heavy (non-hydrogen) atoms. The van der Waals surface area contributed by atoms with Crippen molar-refractivity contribution in [3.8, 4) is 17.2 Å². The van der Waals surface area contributed by atoms with Crippen molar-refractivity contribution in [1.82, 2.24) is 9.80 Å². The normalized spacial score (nSPS) is 14.6. The first-order chi connectivity index (χ1) is 13.5. The van der Waals surface area contributed by atoms with E-state index in [0.717, 1.165) is 24.7 Å². The zero-order valence-corrected chi connectivity index (χ0v) is 17.2. The summed E-state index contributed by atoms with van der Waals surface area (Å²) in [6.07, 6.45) is 0. The summed E-state index contributed by atoms with van der Waals surface area (Å²) in [7, 11) is 4.63. The Hall–Kier alpha value is -2.44. The van der Waals surface area contributed by atoms with Gasteiger partial charge in [-0.3, -0.25) is 9.69 Å². The van der Waals surface area contributed by atoms with Gasteiger partial charge in [0.2, 0.25) is 5.75 Å². The van der Waals surface area contributed by atoms with E-state index in [0.29, 0.717) is 35.9 Å². The third-order valence-electron chi connectivity index (χ3n) is 4.89. The summed E-state index contributed by atoms with van der Waals surface area (Å²) < 4.78 is 16.0. The molecule has 6 nitrogen and oxygen atoms in total. The highest BCUT2D eigenvalue weighted by Gasteiger charge is 2.24. The van der Waals surface area contributed by atoms with Crippen LogP contribution in [0.1, 0.15) is 15.9 Å². The monoisotopic (exact) mass is 404 g/mol. The Morgan fingerprint density at radius 1 is 0.929 bits per heavy atom. The number of piperazine rings is 1. The Labute approximate surface area is 170 Å². The summed E-state index contributed by atoms with van der Waals surface area (Å²) in [5, 5.41) is 0.740. The average Bonchev–Trinajstić information content (AvgIpc) is 2.74. The van der Waals surface area contributed by atoms with Gasteiger partial charge in [0.25, 0.3) is 5.91 Å². The van der Waals surface area contributed by atoms with Gasteiger partial charge in [-0.05, 0) is 29.8 Å². The van der Waals surface area contributed by atoms with E-state index in [2.05, 4.69) is 4.90 Å². The average molecular weight is 405 g/mol. The van der Waals surface area contributed by atoms with Gasteiger partial charge in [-0.25, -0.2) is 0 Å². The van der Waals surface area contributed by atoms with E-state index >= 15 is 0 Å². The van der Waals surface area contributed by atoms with Gasteiger partial charge in [0.05, 0.1) is 21.3 Å². The van der Waals surface area contributed by atoms with Crippen molar-refractivity contribution < 1.29 is 19.0 Å². The smallest absolute Gasteiger partial charge is 0.254 e. The van der Waals surface area contributed by atoms with E-state index in [1.54, 1.807) is 33.5 Å². The summed E-state index contributed by atoms with van der Waals surface area (Å²) in [4.78, 5) is 17.2. The minimum absolute atomic E-state index is 0.0367. The molecule has 0 unspecified atom stereocenters. The lowest BCUT2D eigenvalue weighted by Crippen LogP contribution is -2.48. The van der Waals surface area contributed by atoms with Crippen LogP contribution in [0.5, 0.6) is 17.2 Å². The van der Waals surface area contributed by atoms with Crippen molar-refractivity contribution in [2.24, 2.45) is 0 Å². The fraction of sp³-hybridized carbons (Fsp3) is 0.381. The molecule has 0 radical (unpaired) electrons. The molecule has 0 spiro atoms. The minimum Gasteiger partial charge on any atom is -0.493 e. The maximum Gasteiger partial charge on any atom is 0.254 e. The van der Waals surface area contributed by atoms with Gasteiger partial charge in [0, 0.05) is 43.3 Å². The molecule has 150 valence electrons. The molecule has 2 aromatic carbocycles. The Morgan fingerprint density at radius 2 is 1.50 bits per heavy atom. The Kier molecular flexibility index (Phi) is 6.65. The third-order valence-corrected chi connectivity index (χ3v) is 5.14. The molecule has 1 amide bonds. The standard InChI is InChI=1S/C21H25ClN2O4/c1-26-18-12-16(13-19(27-2)20(18)28-3)21(25)24-10-8-23(9-11-24)14-15-4-6-17(22)7-5-15/h4-7,12-13H,8-11,14H2,1-3H3. The molecule has 0 atom stereocenters. The summed E-state index contributed by atoms with van der Waals surface area (Å²) in [5.41, 5.74) is 1.74. The van der Waals surface area contributed by atoms with Crippen molar-refractivity contribution in [3.63, 3.8) is 0 Å². The van der Waals surface area contributed by atoms with E-state index < -0.39 is 0 Å². The topological polar surface area (TPSA) is 51.2 Å². The van der Waals surface area contributed by atoms with Crippen LogP contribution in [0.4, 0.5) is 0 Å². The van der Waals surface area contributed by atoms with Crippen LogP contribution in [-0.4, -0.2) is 63.2 Å². The van der Waals surface area contributed by atoms with E-state index in [9.17, 15) is 4.79 Å². The molecule has 1 fully saturated rings. The SMILES string of the molecule is COc1cc(C(=O)N2CCN(Cc3ccc(Cl)cc3)CC2)cc(OC)c1OC. The van der Waals surface area contributed by atoms with Crippen LogP contribution in [0, 0.1) is 0 Å². The number of benzene rings is 2. The summed E-state index contributed by atoms with van der Waals surface area (Å²) >= 11 is 5.95. The van der Waals surface area contributed by atoms with Crippen molar-refractivity contribution in [3.05, 3.63) is 52.5 Å². The number of hydrogen-bond acceptors (Lipinski definition) is 5. The predicted octanol–water partition coefficient (Wildman–Crippen LogP) is 3.32. The molecule has 0 aliphatic carbocycles. The molecule has 1 aliphatic heterocycles.